The summed E-state index contributed by atoms with van der Waals surface area (Å²) in [5.41, 5.74) is 6.87. The molecule has 2 N–H and O–H groups in total. The molecule has 8 heteroatoms. The van der Waals surface area contributed by atoms with Gasteiger partial charge in [0.1, 0.15) is 10.6 Å². The third kappa shape index (κ3) is 3.95. The molecule has 0 saturated heterocycles. The number of esters is 1. The summed E-state index contributed by atoms with van der Waals surface area (Å²) in [7, 11) is 0. The number of amides is 2. The molecule has 2 amide bonds. The molecule has 27 heavy (non-hydrogen) atoms. The smallest absolute Gasteiger partial charge is 0.348 e. The normalized spacial score (nSPS) is 15.6. The zero-order chi connectivity index (χ0) is 19.6. The third-order valence-corrected chi connectivity index (χ3v) is 5.62. The maximum absolute atomic E-state index is 12.6. The molecule has 1 atom stereocenters. The van der Waals surface area contributed by atoms with E-state index in [1.165, 1.54) is 16.2 Å². The van der Waals surface area contributed by atoms with Crippen LogP contribution in [-0.4, -0.2) is 37.0 Å². The van der Waals surface area contributed by atoms with Gasteiger partial charge >= 0.3 is 5.97 Å². The van der Waals surface area contributed by atoms with E-state index in [1.807, 2.05) is 13.8 Å². The number of rotatable bonds is 5. The molecule has 0 aliphatic carbocycles. The molecule has 1 aliphatic rings. The quantitative estimate of drug-likeness (QED) is 0.791. The number of para-hydroxylation sites is 2. The van der Waals surface area contributed by atoms with Crippen molar-refractivity contribution in [3.05, 3.63) is 45.6 Å². The first-order valence-electron chi connectivity index (χ1n) is 8.52. The zero-order valence-electron chi connectivity index (χ0n) is 15.1. The van der Waals surface area contributed by atoms with Crippen LogP contribution in [0.15, 0.2) is 30.3 Å². The van der Waals surface area contributed by atoms with Crippen molar-refractivity contribution in [1.29, 1.82) is 0 Å². The number of carbonyl (C=O) groups excluding carboxylic acids is 3. The molecule has 0 saturated carbocycles. The fraction of sp³-hybridized carbons (Fsp3) is 0.316. The lowest BCUT2D eigenvalue weighted by Crippen LogP contribution is -2.50. The number of fused-ring (bicyclic) bond motifs is 1. The van der Waals surface area contributed by atoms with E-state index in [4.69, 9.17) is 15.2 Å². The Morgan fingerprint density at radius 3 is 2.74 bits per heavy atom. The van der Waals surface area contributed by atoms with E-state index in [-0.39, 0.29) is 6.54 Å². The molecule has 0 radical (unpaired) electrons. The largest absolute Gasteiger partial charge is 0.477 e. The Labute approximate surface area is 160 Å². The van der Waals surface area contributed by atoms with E-state index in [1.54, 1.807) is 30.3 Å². The van der Waals surface area contributed by atoms with Gasteiger partial charge in [-0.2, -0.15) is 0 Å². The first-order chi connectivity index (χ1) is 12.9. The molecule has 1 aromatic carbocycles. The topological polar surface area (TPSA) is 98.9 Å². The number of ether oxygens (including phenoxy) is 2. The first-order valence-corrected chi connectivity index (χ1v) is 9.34. The minimum atomic E-state index is -0.952. The van der Waals surface area contributed by atoms with Crippen LogP contribution in [0, 0.1) is 6.92 Å². The fourth-order valence-electron chi connectivity index (χ4n) is 2.87. The van der Waals surface area contributed by atoms with Gasteiger partial charge in [0, 0.05) is 4.88 Å². The van der Waals surface area contributed by atoms with E-state index in [0.29, 0.717) is 16.3 Å². The maximum atomic E-state index is 12.6. The summed E-state index contributed by atoms with van der Waals surface area (Å²) in [4.78, 5) is 39.3. The summed E-state index contributed by atoms with van der Waals surface area (Å²) in [5, 5.41) is 0. The van der Waals surface area contributed by atoms with Gasteiger partial charge in [0.05, 0.1) is 12.2 Å². The fourth-order valence-corrected chi connectivity index (χ4v) is 3.87. The highest BCUT2D eigenvalue weighted by molar-refractivity contribution is 7.14. The highest BCUT2D eigenvalue weighted by Crippen LogP contribution is 2.33. The Bertz CT molecular complexity index is 892. The Kier molecular flexibility index (Phi) is 5.46. The molecule has 1 aromatic heterocycles. The molecule has 0 spiro atoms. The second kappa shape index (κ2) is 7.79. The van der Waals surface area contributed by atoms with Gasteiger partial charge in [-0.3, -0.25) is 9.59 Å². The highest BCUT2D eigenvalue weighted by Gasteiger charge is 2.33. The summed E-state index contributed by atoms with van der Waals surface area (Å²) in [6.07, 6.45) is -0.117. The number of primary amides is 1. The van der Waals surface area contributed by atoms with Gasteiger partial charge in [0.2, 0.25) is 0 Å². The molecule has 1 aliphatic heterocycles. The molecule has 3 rings (SSSR count). The molecule has 142 valence electrons. The van der Waals surface area contributed by atoms with E-state index in [2.05, 4.69) is 0 Å². The van der Waals surface area contributed by atoms with Gasteiger partial charge in [0.25, 0.3) is 11.8 Å². The second-order valence-corrected chi connectivity index (χ2v) is 7.26. The van der Waals surface area contributed by atoms with Crippen LogP contribution in [0.1, 0.15) is 27.0 Å². The number of aryl methyl sites for hydroxylation is 2. The predicted molar refractivity (Wildman–Crippen MR) is 101 cm³/mol. The van der Waals surface area contributed by atoms with Crippen LogP contribution in [0.5, 0.6) is 5.75 Å². The number of thiophene rings is 1. The van der Waals surface area contributed by atoms with Crippen molar-refractivity contribution in [2.24, 2.45) is 5.73 Å². The lowest BCUT2D eigenvalue weighted by Gasteiger charge is -2.33. The van der Waals surface area contributed by atoms with Crippen LogP contribution >= 0.6 is 11.3 Å². The number of hydrogen-bond donors (Lipinski definition) is 1. The van der Waals surface area contributed by atoms with Crippen molar-refractivity contribution in [2.45, 2.75) is 26.4 Å². The van der Waals surface area contributed by atoms with Crippen LogP contribution in [0.25, 0.3) is 0 Å². The summed E-state index contributed by atoms with van der Waals surface area (Å²) in [5.74, 6) is -1.27. The van der Waals surface area contributed by atoms with Gasteiger partial charge in [-0.25, -0.2) is 4.79 Å². The Hall–Kier alpha value is -2.87. The van der Waals surface area contributed by atoms with E-state index >= 15 is 0 Å². The molecule has 0 fully saturated rings. The Morgan fingerprint density at radius 1 is 1.33 bits per heavy atom. The van der Waals surface area contributed by atoms with Gasteiger partial charge in [-0.1, -0.05) is 19.1 Å². The van der Waals surface area contributed by atoms with Crippen molar-refractivity contribution in [2.75, 3.05) is 18.1 Å². The highest BCUT2D eigenvalue weighted by atomic mass is 32.1. The van der Waals surface area contributed by atoms with E-state index in [9.17, 15) is 14.4 Å². The first kappa shape index (κ1) is 18.9. The van der Waals surface area contributed by atoms with Crippen LogP contribution < -0.4 is 15.4 Å². The third-order valence-electron chi connectivity index (χ3n) is 4.26. The molecule has 0 bridgehead atoms. The average Bonchev–Trinajstić information content (AvgIpc) is 3.05. The van der Waals surface area contributed by atoms with Gasteiger partial charge in [0.15, 0.2) is 12.7 Å². The Balaban J connectivity index is 1.71. The SMILES string of the molecule is CCc1sc(C(=O)OCC(=O)N2C[C@@H](C(N)=O)Oc3ccccc32)cc1C. The number of nitrogens with two attached hydrogens (primary N) is 1. The Morgan fingerprint density at radius 2 is 2.07 bits per heavy atom. The van der Waals surface area contributed by atoms with Gasteiger partial charge in [-0.05, 0) is 37.1 Å². The van der Waals surface area contributed by atoms with Crippen molar-refractivity contribution >= 4 is 34.8 Å². The molecule has 7 nitrogen and oxygen atoms in total. The standard InChI is InChI=1S/C19H20N2O5S/c1-3-15-11(2)8-16(27-15)19(24)25-10-17(22)21-9-14(18(20)23)26-13-7-5-4-6-12(13)21/h4-8,14H,3,9-10H2,1-2H3,(H2,20,23)/t14-/m0/s1. The average molecular weight is 388 g/mol. The number of nitrogens with zero attached hydrogens (tertiary/aromatic N) is 1. The molecular weight excluding hydrogens is 368 g/mol. The summed E-state index contributed by atoms with van der Waals surface area (Å²) >= 11 is 1.37. The lowest BCUT2D eigenvalue weighted by molar-refractivity contribution is -0.126. The van der Waals surface area contributed by atoms with Gasteiger partial charge in [-0.15, -0.1) is 11.3 Å². The summed E-state index contributed by atoms with van der Waals surface area (Å²) < 4.78 is 10.7. The minimum Gasteiger partial charge on any atom is -0.477 e. The monoisotopic (exact) mass is 388 g/mol. The van der Waals surface area contributed by atoms with E-state index < -0.39 is 30.5 Å². The number of carbonyl (C=O) groups is 3. The van der Waals surface area contributed by atoms with Gasteiger partial charge < -0.3 is 20.1 Å². The number of benzene rings is 1. The van der Waals surface area contributed by atoms with E-state index in [0.717, 1.165) is 16.9 Å². The number of hydrogen-bond acceptors (Lipinski definition) is 6. The van der Waals surface area contributed by atoms with Crippen molar-refractivity contribution in [3.63, 3.8) is 0 Å². The lowest BCUT2D eigenvalue weighted by atomic mass is 10.2. The van der Waals surface area contributed by atoms with Crippen molar-refractivity contribution in [1.82, 2.24) is 0 Å². The van der Waals surface area contributed by atoms with Crippen molar-refractivity contribution in [3.8, 4) is 5.75 Å². The predicted octanol–water partition coefficient (Wildman–Crippen LogP) is 2.06. The molecular formula is C19H20N2O5S. The molecule has 2 aromatic rings. The zero-order valence-corrected chi connectivity index (χ0v) is 15.9. The second-order valence-electron chi connectivity index (χ2n) is 6.13. The maximum Gasteiger partial charge on any atom is 0.348 e. The molecule has 2 heterocycles. The number of anilines is 1. The van der Waals surface area contributed by atoms with Crippen LogP contribution in [0.2, 0.25) is 0 Å². The van der Waals surface area contributed by atoms with Crippen LogP contribution in [-0.2, 0) is 20.7 Å². The van der Waals surface area contributed by atoms with Crippen LogP contribution in [0.3, 0.4) is 0 Å². The minimum absolute atomic E-state index is 0.0270. The van der Waals surface area contributed by atoms with Crippen LogP contribution in [0.4, 0.5) is 5.69 Å². The summed E-state index contributed by atoms with van der Waals surface area (Å²) in [6.45, 7) is 3.49. The molecule has 0 unspecified atom stereocenters. The van der Waals surface area contributed by atoms with Crippen molar-refractivity contribution < 1.29 is 23.9 Å². The summed E-state index contributed by atoms with van der Waals surface area (Å²) in [6, 6.07) is 8.60.